The molecule has 0 atom stereocenters. The van der Waals surface area contributed by atoms with Crippen LogP contribution in [0.5, 0.6) is 11.5 Å². The minimum atomic E-state index is -3.60. The van der Waals surface area contributed by atoms with Gasteiger partial charge in [-0.25, -0.2) is 8.42 Å². The van der Waals surface area contributed by atoms with Gasteiger partial charge in [-0.15, -0.1) is 0 Å². The number of anilines is 1. The van der Waals surface area contributed by atoms with E-state index < -0.39 is 10.0 Å². The molecule has 8 heteroatoms. The zero-order chi connectivity index (χ0) is 24.7. The van der Waals surface area contributed by atoms with E-state index in [1.807, 2.05) is 61.5 Å². The van der Waals surface area contributed by atoms with Crippen molar-refractivity contribution in [2.24, 2.45) is 5.92 Å². The largest absolute Gasteiger partial charge is 0.494 e. The van der Waals surface area contributed by atoms with Crippen molar-refractivity contribution < 1.29 is 22.7 Å². The van der Waals surface area contributed by atoms with Gasteiger partial charge in [-0.2, -0.15) is 4.31 Å². The highest BCUT2D eigenvalue weighted by Gasteiger charge is 2.32. The van der Waals surface area contributed by atoms with E-state index in [9.17, 15) is 13.2 Å². The number of piperidine rings is 1. The average molecular weight is 495 g/mol. The highest BCUT2D eigenvalue weighted by molar-refractivity contribution is 7.89. The maximum atomic E-state index is 13.0. The van der Waals surface area contributed by atoms with E-state index >= 15 is 0 Å². The fourth-order valence-corrected chi connectivity index (χ4v) is 5.47. The van der Waals surface area contributed by atoms with Crippen molar-refractivity contribution in [2.75, 3.05) is 25.0 Å². The van der Waals surface area contributed by atoms with Crippen LogP contribution < -0.4 is 14.8 Å². The number of nitrogens with zero attached hydrogens (tertiary/aromatic N) is 1. The Morgan fingerprint density at radius 1 is 0.886 bits per heavy atom. The Kier molecular flexibility index (Phi) is 8.05. The molecule has 0 bridgehead atoms. The molecule has 3 aromatic carbocycles. The molecule has 0 aromatic heterocycles. The minimum absolute atomic E-state index is 0.0962. The first kappa shape index (κ1) is 24.8. The molecule has 1 amide bonds. The highest BCUT2D eigenvalue weighted by atomic mass is 32.2. The van der Waals surface area contributed by atoms with Crippen LogP contribution in [-0.2, 0) is 21.4 Å². The number of rotatable bonds is 9. The van der Waals surface area contributed by atoms with Crippen LogP contribution in [0.15, 0.2) is 83.8 Å². The highest BCUT2D eigenvalue weighted by Crippen LogP contribution is 2.26. The quantitative estimate of drug-likeness (QED) is 0.466. The molecule has 184 valence electrons. The monoisotopic (exact) mass is 494 g/mol. The van der Waals surface area contributed by atoms with Crippen LogP contribution >= 0.6 is 0 Å². The molecule has 35 heavy (non-hydrogen) atoms. The van der Waals surface area contributed by atoms with Crippen molar-refractivity contribution in [3.05, 3.63) is 84.4 Å². The summed E-state index contributed by atoms with van der Waals surface area (Å²) in [6, 6.07) is 23.6. The van der Waals surface area contributed by atoms with Gasteiger partial charge >= 0.3 is 0 Å². The molecule has 0 radical (unpaired) electrons. The summed E-state index contributed by atoms with van der Waals surface area (Å²) < 4.78 is 38.6. The lowest BCUT2D eigenvalue weighted by Crippen LogP contribution is -2.41. The van der Waals surface area contributed by atoms with Gasteiger partial charge in [0.05, 0.1) is 11.5 Å². The molecule has 0 saturated carbocycles. The molecular weight excluding hydrogens is 464 g/mol. The average Bonchev–Trinajstić information content (AvgIpc) is 2.89. The number of sulfonamides is 1. The van der Waals surface area contributed by atoms with Crippen LogP contribution in [0.25, 0.3) is 0 Å². The topological polar surface area (TPSA) is 84.9 Å². The van der Waals surface area contributed by atoms with Gasteiger partial charge in [0.1, 0.15) is 18.1 Å². The van der Waals surface area contributed by atoms with Crippen molar-refractivity contribution in [3.63, 3.8) is 0 Å². The Balaban J connectivity index is 1.27. The first-order chi connectivity index (χ1) is 17.0. The predicted molar refractivity (Wildman–Crippen MR) is 135 cm³/mol. The van der Waals surface area contributed by atoms with E-state index in [1.54, 1.807) is 24.3 Å². The Morgan fingerprint density at radius 3 is 2.11 bits per heavy atom. The molecular formula is C27H30N2O5S. The smallest absolute Gasteiger partial charge is 0.243 e. The zero-order valence-electron chi connectivity index (χ0n) is 19.7. The fourth-order valence-electron chi connectivity index (χ4n) is 4.00. The minimum Gasteiger partial charge on any atom is -0.494 e. The molecule has 7 nitrogen and oxygen atoms in total. The van der Waals surface area contributed by atoms with Crippen LogP contribution in [0, 0.1) is 5.92 Å². The number of nitrogens with one attached hydrogen (secondary N) is 1. The summed E-state index contributed by atoms with van der Waals surface area (Å²) >= 11 is 0. The lowest BCUT2D eigenvalue weighted by molar-refractivity contribution is -0.120. The standard InChI is InChI=1S/C27H30N2O5S/c1-2-33-24-12-14-26(15-13-24)35(31,32)29-18-16-22(17-19-29)27(30)28-23-8-10-25(11-9-23)34-20-21-6-4-3-5-7-21/h3-15,22H,2,16-20H2,1H3,(H,28,30). The van der Waals surface area contributed by atoms with E-state index in [1.165, 1.54) is 4.31 Å². The van der Waals surface area contributed by atoms with Crippen molar-refractivity contribution in [3.8, 4) is 11.5 Å². The van der Waals surface area contributed by atoms with E-state index in [0.29, 0.717) is 50.6 Å². The summed E-state index contributed by atoms with van der Waals surface area (Å²) in [5.41, 5.74) is 1.77. The normalized spacial score (nSPS) is 14.9. The molecule has 1 aliphatic rings. The first-order valence-electron chi connectivity index (χ1n) is 11.8. The summed E-state index contributed by atoms with van der Waals surface area (Å²) in [4.78, 5) is 13.0. The summed E-state index contributed by atoms with van der Waals surface area (Å²) in [6.07, 6.45) is 0.945. The first-order valence-corrected chi connectivity index (χ1v) is 13.2. The maximum absolute atomic E-state index is 13.0. The number of carbonyl (C=O) groups excluding carboxylic acids is 1. The molecule has 1 heterocycles. The molecule has 3 aromatic rings. The lowest BCUT2D eigenvalue weighted by Gasteiger charge is -2.30. The Morgan fingerprint density at radius 2 is 1.49 bits per heavy atom. The van der Waals surface area contributed by atoms with Crippen LogP contribution in [0.3, 0.4) is 0 Å². The van der Waals surface area contributed by atoms with Gasteiger partial charge in [0.25, 0.3) is 0 Å². The number of hydrogen-bond donors (Lipinski definition) is 1. The molecule has 0 aliphatic carbocycles. The third kappa shape index (κ3) is 6.41. The van der Waals surface area contributed by atoms with Gasteiger partial charge in [0.15, 0.2) is 0 Å². The van der Waals surface area contributed by atoms with Gasteiger partial charge in [-0.05, 0) is 73.9 Å². The molecule has 1 fully saturated rings. The third-order valence-electron chi connectivity index (χ3n) is 5.97. The summed E-state index contributed by atoms with van der Waals surface area (Å²) in [5.74, 6) is 1.02. The van der Waals surface area contributed by atoms with Crippen molar-refractivity contribution >= 4 is 21.6 Å². The van der Waals surface area contributed by atoms with Gasteiger partial charge in [0.2, 0.25) is 15.9 Å². The Bertz CT molecular complexity index is 1200. The summed E-state index contributed by atoms with van der Waals surface area (Å²) in [6.45, 7) is 3.49. The lowest BCUT2D eigenvalue weighted by atomic mass is 9.97. The van der Waals surface area contributed by atoms with Crippen LogP contribution in [0.1, 0.15) is 25.3 Å². The number of benzene rings is 3. The second-order valence-electron chi connectivity index (χ2n) is 8.37. The second kappa shape index (κ2) is 11.4. The van der Waals surface area contributed by atoms with E-state index in [-0.39, 0.29) is 16.7 Å². The third-order valence-corrected chi connectivity index (χ3v) is 7.88. The summed E-state index contributed by atoms with van der Waals surface area (Å²) in [5, 5.41) is 2.94. The van der Waals surface area contributed by atoms with Crippen LogP contribution in [0.4, 0.5) is 5.69 Å². The van der Waals surface area contributed by atoms with Gasteiger partial charge < -0.3 is 14.8 Å². The number of hydrogen-bond acceptors (Lipinski definition) is 5. The van der Waals surface area contributed by atoms with E-state index in [4.69, 9.17) is 9.47 Å². The fraction of sp³-hybridized carbons (Fsp3) is 0.296. The Labute approximate surface area is 206 Å². The van der Waals surface area contributed by atoms with E-state index in [0.717, 1.165) is 11.3 Å². The molecule has 0 spiro atoms. The van der Waals surface area contributed by atoms with Crippen molar-refractivity contribution in [1.82, 2.24) is 4.31 Å². The van der Waals surface area contributed by atoms with Gasteiger partial charge in [0, 0.05) is 24.7 Å². The molecule has 1 aliphatic heterocycles. The number of amides is 1. The predicted octanol–water partition coefficient (Wildman–Crippen LogP) is 4.70. The summed E-state index contributed by atoms with van der Waals surface area (Å²) in [7, 11) is -3.60. The van der Waals surface area contributed by atoms with Crippen LogP contribution in [-0.4, -0.2) is 38.3 Å². The molecule has 4 rings (SSSR count). The number of ether oxygens (including phenoxy) is 2. The molecule has 0 unspecified atom stereocenters. The maximum Gasteiger partial charge on any atom is 0.243 e. The van der Waals surface area contributed by atoms with E-state index in [2.05, 4.69) is 5.32 Å². The second-order valence-corrected chi connectivity index (χ2v) is 10.3. The van der Waals surface area contributed by atoms with Gasteiger partial charge in [-0.3, -0.25) is 4.79 Å². The van der Waals surface area contributed by atoms with Crippen LogP contribution in [0.2, 0.25) is 0 Å². The van der Waals surface area contributed by atoms with Crippen molar-refractivity contribution in [1.29, 1.82) is 0 Å². The number of carbonyl (C=O) groups is 1. The molecule has 1 N–H and O–H groups in total. The van der Waals surface area contributed by atoms with Gasteiger partial charge in [-0.1, -0.05) is 30.3 Å². The Hall–Kier alpha value is -3.36. The zero-order valence-corrected chi connectivity index (χ0v) is 20.5. The SMILES string of the molecule is CCOc1ccc(S(=O)(=O)N2CCC(C(=O)Nc3ccc(OCc4ccccc4)cc3)CC2)cc1. The van der Waals surface area contributed by atoms with Crippen molar-refractivity contribution in [2.45, 2.75) is 31.3 Å². The molecule has 1 saturated heterocycles.